The molecule has 0 radical (unpaired) electrons. The van der Waals surface area contributed by atoms with Crippen molar-refractivity contribution in [1.82, 2.24) is 4.90 Å². The van der Waals surface area contributed by atoms with Gasteiger partial charge in [0.1, 0.15) is 5.78 Å². The van der Waals surface area contributed by atoms with Crippen LogP contribution in [0.1, 0.15) is 36.9 Å². The number of hydrogen-bond acceptors (Lipinski definition) is 2. The number of piperidine rings is 1. The molecule has 3 nitrogen and oxygen atoms in total. The molecule has 0 bridgehead atoms. The molecule has 0 spiro atoms. The molecule has 1 saturated heterocycles. The van der Waals surface area contributed by atoms with Crippen LogP contribution in [-0.2, 0) is 9.59 Å². The van der Waals surface area contributed by atoms with Gasteiger partial charge in [-0.3, -0.25) is 9.59 Å². The Bertz CT molecular complexity index is 642. The van der Waals surface area contributed by atoms with Crippen molar-refractivity contribution < 1.29 is 9.59 Å². The van der Waals surface area contributed by atoms with E-state index < -0.39 is 0 Å². The highest BCUT2D eigenvalue weighted by molar-refractivity contribution is 5.87. The number of Topliss-reactive ketones (excluding diaryl/α,β-unsaturated/α-hetero) is 1. The molecule has 0 saturated carbocycles. The minimum atomic E-state index is -0.119. The van der Waals surface area contributed by atoms with E-state index in [1.807, 2.05) is 41.3 Å². The lowest BCUT2D eigenvalue weighted by atomic mass is 9.89. The van der Waals surface area contributed by atoms with Gasteiger partial charge in [-0.25, -0.2) is 0 Å². The highest BCUT2D eigenvalue weighted by Gasteiger charge is 2.33. The predicted molar refractivity (Wildman–Crippen MR) is 89.8 cm³/mol. The molecular weight excluding hydrogens is 286 g/mol. The Morgan fingerprint density at radius 2 is 1.52 bits per heavy atom. The van der Waals surface area contributed by atoms with Crippen molar-refractivity contribution in [3.8, 4) is 0 Å². The van der Waals surface area contributed by atoms with E-state index in [2.05, 4.69) is 24.3 Å². The fourth-order valence-corrected chi connectivity index (χ4v) is 3.29. The van der Waals surface area contributed by atoms with Gasteiger partial charge in [-0.15, -0.1) is 0 Å². The van der Waals surface area contributed by atoms with Crippen LogP contribution in [-0.4, -0.2) is 23.1 Å². The van der Waals surface area contributed by atoms with Crippen LogP contribution in [0.15, 0.2) is 60.7 Å². The molecule has 1 atom stereocenters. The van der Waals surface area contributed by atoms with Crippen LogP contribution in [0.25, 0.3) is 0 Å². The largest absolute Gasteiger partial charge is 0.332 e. The van der Waals surface area contributed by atoms with E-state index in [1.54, 1.807) is 6.92 Å². The minimum absolute atomic E-state index is 0.0640. The SMILES string of the molecule is CC(=O)C1CCN(C(c2ccccc2)c2ccccc2)C(=O)C1. The molecule has 118 valence electrons. The predicted octanol–water partition coefficient (Wildman–Crippen LogP) is 3.60. The molecular formula is C20H21NO2. The number of amides is 1. The Hall–Kier alpha value is -2.42. The van der Waals surface area contributed by atoms with Gasteiger partial charge in [0.15, 0.2) is 0 Å². The number of benzene rings is 2. The van der Waals surface area contributed by atoms with Gasteiger partial charge >= 0.3 is 0 Å². The van der Waals surface area contributed by atoms with E-state index >= 15 is 0 Å². The summed E-state index contributed by atoms with van der Waals surface area (Å²) in [5.41, 5.74) is 2.21. The van der Waals surface area contributed by atoms with Crippen LogP contribution in [0.4, 0.5) is 0 Å². The molecule has 0 aromatic heterocycles. The third kappa shape index (κ3) is 3.34. The minimum Gasteiger partial charge on any atom is -0.332 e. The third-order valence-corrected chi connectivity index (χ3v) is 4.58. The van der Waals surface area contributed by atoms with Crippen molar-refractivity contribution >= 4 is 11.7 Å². The molecule has 1 unspecified atom stereocenters. The van der Waals surface area contributed by atoms with Crippen molar-refractivity contribution in [3.63, 3.8) is 0 Å². The maximum absolute atomic E-state index is 12.7. The molecule has 1 fully saturated rings. The Labute approximate surface area is 136 Å². The van der Waals surface area contributed by atoms with E-state index in [9.17, 15) is 9.59 Å². The number of nitrogens with zero attached hydrogens (tertiary/aromatic N) is 1. The van der Waals surface area contributed by atoms with Crippen molar-refractivity contribution in [2.45, 2.75) is 25.8 Å². The Morgan fingerprint density at radius 1 is 1.00 bits per heavy atom. The molecule has 3 rings (SSSR count). The Morgan fingerprint density at radius 3 is 1.96 bits per heavy atom. The molecule has 1 amide bonds. The fourth-order valence-electron chi connectivity index (χ4n) is 3.29. The Balaban J connectivity index is 1.94. The zero-order chi connectivity index (χ0) is 16.2. The van der Waals surface area contributed by atoms with Crippen LogP contribution in [0, 0.1) is 5.92 Å². The summed E-state index contributed by atoms with van der Waals surface area (Å²) < 4.78 is 0. The van der Waals surface area contributed by atoms with Gasteiger partial charge < -0.3 is 4.90 Å². The standard InChI is InChI=1S/C20H21NO2/c1-15(22)18-12-13-21(19(23)14-18)20(16-8-4-2-5-9-16)17-10-6-3-7-11-17/h2-11,18,20H,12-14H2,1H3. The molecule has 1 aliphatic heterocycles. The zero-order valence-electron chi connectivity index (χ0n) is 13.3. The molecule has 0 N–H and O–H groups in total. The van der Waals surface area contributed by atoms with E-state index in [1.165, 1.54) is 0 Å². The number of rotatable bonds is 4. The number of hydrogen-bond donors (Lipinski definition) is 0. The van der Waals surface area contributed by atoms with Gasteiger partial charge in [0.2, 0.25) is 5.91 Å². The first kappa shape index (κ1) is 15.5. The monoisotopic (exact) mass is 307 g/mol. The number of carbonyl (C=O) groups is 2. The van der Waals surface area contributed by atoms with Crippen LogP contribution < -0.4 is 0 Å². The quantitative estimate of drug-likeness (QED) is 0.865. The number of likely N-dealkylation sites (tertiary alicyclic amines) is 1. The molecule has 2 aromatic rings. The van der Waals surface area contributed by atoms with Gasteiger partial charge in [-0.2, -0.15) is 0 Å². The molecule has 1 aliphatic rings. The fraction of sp³-hybridized carbons (Fsp3) is 0.300. The molecule has 3 heteroatoms. The topological polar surface area (TPSA) is 37.4 Å². The van der Waals surface area contributed by atoms with E-state index in [-0.39, 0.29) is 23.7 Å². The second-order valence-corrected chi connectivity index (χ2v) is 6.11. The first-order valence-corrected chi connectivity index (χ1v) is 8.06. The van der Waals surface area contributed by atoms with Crippen LogP contribution in [0.5, 0.6) is 0 Å². The summed E-state index contributed by atoms with van der Waals surface area (Å²) in [5.74, 6) is 0.0640. The molecule has 2 aromatic carbocycles. The van der Waals surface area contributed by atoms with E-state index in [0.29, 0.717) is 13.0 Å². The maximum atomic E-state index is 12.7. The summed E-state index contributed by atoms with van der Waals surface area (Å²) in [4.78, 5) is 26.2. The van der Waals surface area contributed by atoms with Crippen molar-refractivity contribution in [3.05, 3.63) is 71.8 Å². The average Bonchev–Trinajstić information content (AvgIpc) is 2.58. The normalized spacial score (nSPS) is 18.3. The number of carbonyl (C=O) groups excluding carboxylic acids is 2. The van der Waals surface area contributed by atoms with Gasteiger partial charge in [0, 0.05) is 18.9 Å². The average molecular weight is 307 g/mol. The van der Waals surface area contributed by atoms with Crippen molar-refractivity contribution in [2.75, 3.05) is 6.54 Å². The zero-order valence-corrected chi connectivity index (χ0v) is 13.3. The van der Waals surface area contributed by atoms with Crippen LogP contribution in [0.2, 0.25) is 0 Å². The van der Waals surface area contributed by atoms with Crippen molar-refractivity contribution in [2.24, 2.45) is 5.92 Å². The van der Waals surface area contributed by atoms with Gasteiger partial charge in [-0.1, -0.05) is 60.7 Å². The summed E-state index contributed by atoms with van der Waals surface area (Å²) in [6.07, 6.45) is 1.07. The first-order chi connectivity index (χ1) is 11.2. The molecule has 0 aliphatic carbocycles. The second kappa shape index (κ2) is 6.78. The summed E-state index contributed by atoms with van der Waals surface area (Å²) in [5, 5.41) is 0. The summed E-state index contributed by atoms with van der Waals surface area (Å²) in [6.45, 7) is 2.21. The smallest absolute Gasteiger partial charge is 0.224 e. The summed E-state index contributed by atoms with van der Waals surface area (Å²) >= 11 is 0. The summed E-state index contributed by atoms with van der Waals surface area (Å²) in [6, 6.07) is 20.1. The highest BCUT2D eigenvalue weighted by Crippen LogP contribution is 2.33. The van der Waals surface area contributed by atoms with Gasteiger partial charge in [0.05, 0.1) is 6.04 Å². The van der Waals surface area contributed by atoms with Crippen molar-refractivity contribution in [1.29, 1.82) is 0 Å². The first-order valence-electron chi connectivity index (χ1n) is 8.06. The molecule has 1 heterocycles. The van der Waals surface area contributed by atoms with Gasteiger partial charge in [-0.05, 0) is 24.5 Å². The Kier molecular flexibility index (Phi) is 4.56. The summed E-state index contributed by atoms with van der Waals surface area (Å²) in [7, 11) is 0. The van der Waals surface area contributed by atoms with E-state index in [4.69, 9.17) is 0 Å². The molecule has 23 heavy (non-hydrogen) atoms. The lowest BCUT2D eigenvalue weighted by molar-refractivity contribution is -0.140. The lowest BCUT2D eigenvalue weighted by Crippen LogP contribution is -2.43. The second-order valence-electron chi connectivity index (χ2n) is 6.11. The van der Waals surface area contributed by atoms with Gasteiger partial charge in [0.25, 0.3) is 0 Å². The lowest BCUT2D eigenvalue weighted by Gasteiger charge is -2.37. The highest BCUT2D eigenvalue weighted by atomic mass is 16.2. The maximum Gasteiger partial charge on any atom is 0.224 e. The van der Waals surface area contributed by atoms with E-state index in [0.717, 1.165) is 17.5 Å². The number of ketones is 1. The third-order valence-electron chi connectivity index (χ3n) is 4.58. The van der Waals surface area contributed by atoms with Crippen LogP contribution >= 0.6 is 0 Å². The van der Waals surface area contributed by atoms with Crippen LogP contribution in [0.3, 0.4) is 0 Å².